The Morgan fingerprint density at radius 1 is 1.37 bits per heavy atom. The average molecular weight is 258 g/mol. The molecule has 0 radical (unpaired) electrons. The third-order valence-corrected chi connectivity index (χ3v) is 3.41. The van der Waals surface area contributed by atoms with Crippen LogP contribution in [-0.4, -0.2) is 33.5 Å². The van der Waals surface area contributed by atoms with Gasteiger partial charge in [0.05, 0.1) is 23.6 Å². The first-order valence-corrected chi connectivity index (χ1v) is 6.66. The highest BCUT2D eigenvalue weighted by Crippen LogP contribution is 2.22. The van der Waals surface area contributed by atoms with E-state index in [0.717, 1.165) is 30.8 Å². The van der Waals surface area contributed by atoms with Crippen molar-refractivity contribution in [2.45, 2.75) is 32.0 Å². The molecule has 19 heavy (non-hydrogen) atoms. The number of aromatic nitrogens is 3. The van der Waals surface area contributed by atoms with Gasteiger partial charge in [-0.15, -0.1) is 0 Å². The lowest BCUT2D eigenvalue weighted by Crippen LogP contribution is -2.20. The Bertz CT molecular complexity index is 526. The van der Waals surface area contributed by atoms with E-state index in [1.54, 1.807) is 17.3 Å². The van der Waals surface area contributed by atoms with Gasteiger partial charge >= 0.3 is 0 Å². The molecule has 2 unspecified atom stereocenters. The van der Waals surface area contributed by atoms with Crippen LogP contribution in [0.15, 0.2) is 36.9 Å². The Labute approximate surface area is 112 Å². The first-order chi connectivity index (χ1) is 9.33. The Morgan fingerprint density at radius 3 is 3.00 bits per heavy atom. The smallest absolute Gasteiger partial charge is 0.138 e. The summed E-state index contributed by atoms with van der Waals surface area (Å²) in [6.07, 6.45) is 6.21. The molecule has 2 aromatic rings. The van der Waals surface area contributed by atoms with Gasteiger partial charge in [-0.3, -0.25) is 0 Å². The van der Waals surface area contributed by atoms with Crippen molar-refractivity contribution in [3.8, 4) is 5.69 Å². The molecule has 5 heteroatoms. The molecule has 3 rings (SSSR count). The van der Waals surface area contributed by atoms with Crippen molar-refractivity contribution in [3.63, 3.8) is 0 Å². The largest absolute Gasteiger partial charge is 0.381 e. The fourth-order valence-electron chi connectivity index (χ4n) is 2.41. The van der Waals surface area contributed by atoms with Gasteiger partial charge in [-0.1, -0.05) is 12.1 Å². The summed E-state index contributed by atoms with van der Waals surface area (Å²) in [4.78, 5) is 3.99. The minimum Gasteiger partial charge on any atom is -0.381 e. The molecule has 0 amide bonds. The van der Waals surface area contributed by atoms with Crippen LogP contribution in [0.4, 0.5) is 5.69 Å². The topological polar surface area (TPSA) is 52.0 Å². The summed E-state index contributed by atoms with van der Waals surface area (Å²) in [7, 11) is 0. The van der Waals surface area contributed by atoms with Crippen molar-refractivity contribution in [3.05, 3.63) is 36.9 Å². The highest BCUT2D eigenvalue weighted by Gasteiger charge is 2.21. The van der Waals surface area contributed by atoms with Gasteiger partial charge < -0.3 is 10.1 Å². The number of para-hydroxylation sites is 2. The molecule has 1 saturated heterocycles. The highest BCUT2D eigenvalue weighted by molar-refractivity contribution is 5.60. The van der Waals surface area contributed by atoms with Crippen LogP contribution in [0.1, 0.15) is 19.8 Å². The molecule has 0 bridgehead atoms. The van der Waals surface area contributed by atoms with Crippen LogP contribution < -0.4 is 5.32 Å². The van der Waals surface area contributed by atoms with Crippen LogP contribution >= 0.6 is 0 Å². The van der Waals surface area contributed by atoms with E-state index in [1.165, 1.54) is 0 Å². The Hall–Kier alpha value is -1.88. The lowest BCUT2D eigenvalue weighted by molar-refractivity contribution is 0.0637. The van der Waals surface area contributed by atoms with E-state index < -0.39 is 0 Å². The van der Waals surface area contributed by atoms with Crippen molar-refractivity contribution < 1.29 is 4.74 Å². The van der Waals surface area contributed by atoms with E-state index in [9.17, 15) is 0 Å². The standard InChI is InChI=1S/C14H18N4O/c1-11-6-7-12(19-11)8-16-13-4-2-3-5-14(13)18-10-15-9-17-18/h2-5,9-12,16H,6-8H2,1H3. The number of nitrogens with one attached hydrogen (secondary N) is 1. The number of benzene rings is 1. The molecule has 2 heterocycles. The monoisotopic (exact) mass is 258 g/mol. The molecule has 1 aromatic heterocycles. The maximum Gasteiger partial charge on any atom is 0.138 e. The quantitative estimate of drug-likeness (QED) is 0.913. The van der Waals surface area contributed by atoms with Crippen molar-refractivity contribution in [2.24, 2.45) is 0 Å². The maximum atomic E-state index is 5.82. The fraction of sp³-hybridized carbons (Fsp3) is 0.429. The predicted octanol–water partition coefficient (Wildman–Crippen LogP) is 2.25. The first-order valence-electron chi connectivity index (χ1n) is 6.66. The van der Waals surface area contributed by atoms with Crippen LogP contribution in [0.3, 0.4) is 0 Å². The molecule has 1 aromatic carbocycles. The van der Waals surface area contributed by atoms with Crippen LogP contribution in [0.5, 0.6) is 0 Å². The van der Waals surface area contributed by atoms with Crippen LogP contribution in [0, 0.1) is 0 Å². The van der Waals surface area contributed by atoms with E-state index in [1.807, 2.05) is 18.2 Å². The molecule has 0 aliphatic carbocycles. The third-order valence-electron chi connectivity index (χ3n) is 3.41. The zero-order valence-electron chi connectivity index (χ0n) is 11.0. The predicted molar refractivity (Wildman–Crippen MR) is 73.4 cm³/mol. The van der Waals surface area contributed by atoms with Crippen LogP contribution in [0.25, 0.3) is 5.69 Å². The lowest BCUT2D eigenvalue weighted by atomic mass is 10.2. The number of rotatable bonds is 4. The average Bonchev–Trinajstić information content (AvgIpc) is 3.08. The van der Waals surface area contributed by atoms with Gasteiger partial charge in [-0.25, -0.2) is 9.67 Å². The van der Waals surface area contributed by atoms with Crippen molar-refractivity contribution in [1.82, 2.24) is 14.8 Å². The maximum absolute atomic E-state index is 5.82. The van der Waals surface area contributed by atoms with Crippen LogP contribution in [-0.2, 0) is 4.74 Å². The molecule has 1 aliphatic heterocycles. The van der Waals surface area contributed by atoms with Crippen molar-refractivity contribution in [2.75, 3.05) is 11.9 Å². The van der Waals surface area contributed by atoms with E-state index in [2.05, 4.69) is 28.4 Å². The van der Waals surface area contributed by atoms with Gasteiger partial charge in [0, 0.05) is 6.54 Å². The van der Waals surface area contributed by atoms with Gasteiger partial charge in [-0.2, -0.15) is 5.10 Å². The Kier molecular flexibility index (Phi) is 3.46. The van der Waals surface area contributed by atoms with Crippen molar-refractivity contribution >= 4 is 5.69 Å². The van der Waals surface area contributed by atoms with E-state index in [4.69, 9.17) is 4.74 Å². The zero-order valence-corrected chi connectivity index (χ0v) is 11.0. The lowest BCUT2D eigenvalue weighted by Gasteiger charge is -2.15. The number of hydrogen-bond donors (Lipinski definition) is 1. The fourth-order valence-corrected chi connectivity index (χ4v) is 2.41. The minimum atomic E-state index is 0.304. The van der Waals surface area contributed by atoms with Gasteiger partial charge in [0.2, 0.25) is 0 Å². The number of ether oxygens (including phenoxy) is 1. The van der Waals surface area contributed by atoms with Gasteiger partial charge in [0.15, 0.2) is 0 Å². The molecule has 1 fully saturated rings. The molecule has 100 valence electrons. The summed E-state index contributed by atoms with van der Waals surface area (Å²) in [6.45, 7) is 2.96. The summed E-state index contributed by atoms with van der Waals surface area (Å²) in [5, 5.41) is 7.62. The van der Waals surface area contributed by atoms with E-state index >= 15 is 0 Å². The summed E-state index contributed by atoms with van der Waals surface area (Å²) in [5.74, 6) is 0. The molecule has 2 atom stereocenters. The first kappa shape index (κ1) is 12.2. The molecule has 1 aliphatic rings. The van der Waals surface area contributed by atoms with E-state index in [0.29, 0.717) is 12.2 Å². The van der Waals surface area contributed by atoms with Crippen molar-refractivity contribution in [1.29, 1.82) is 0 Å². The molecular weight excluding hydrogens is 240 g/mol. The second-order valence-corrected chi connectivity index (χ2v) is 4.88. The Balaban J connectivity index is 1.71. The second kappa shape index (κ2) is 5.40. The molecule has 1 N–H and O–H groups in total. The number of anilines is 1. The molecule has 5 nitrogen and oxygen atoms in total. The molecule has 0 saturated carbocycles. The number of hydrogen-bond acceptors (Lipinski definition) is 4. The third kappa shape index (κ3) is 2.76. The molecule has 0 spiro atoms. The van der Waals surface area contributed by atoms with E-state index in [-0.39, 0.29) is 0 Å². The normalized spacial score (nSPS) is 22.6. The summed E-state index contributed by atoms with van der Waals surface area (Å²) < 4.78 is 7.58. The van der Waals surface area contributed by atoms with Gasteiger partial charge in [0.1, 0.15) is 12.7 Å². The second-order valence-electron chi connectivity index (χ2n) is 4.88. The molecular formula is C14H18N4O. The summed E-state index contributed by atoms with van der Waals surface area (Å²) >= 11 is 0. The summed E-state index contributed by atoms with van der Waals surface area (Å²) in [5.41, 5.74) is 2.06. The van der Waals surface area contributed by atoms with Crippen LogP contribution in [0.2, 0.25) is 0 Å². The summed E-state index contributed by atoms with van der Waals surface area (Å²) in [6, 6.07) is 8.09. The number of nitrogens with zero attached hydrogens (tertiary/aromatic N) is 3. The minimum absolute atomic E-state index is 0.304. The van der Waals surface area contributed by atoms with Gasteiger partial charge in [-0.05, 0) is 31.9 Å². The Morgan fingerprint density at radius 2 is 2.26 bits per heavy atom. The van der Waals surface area contributed by atoms with Gasteiger partial charge in [0.25, 0.3) is 0 Å². The highest BCUT2D eigenvalue weighted by atomic mass is 16.5. The SMILES string of the molecule is CC1CCC(CNc2ccccc2-n2cncn2)O1. The zero-order chi connectivity index (χ0) is 13.1.